The van der Waals surface area contributed by atoms with Crippen LogP contribution in [0.5, 0.6) is 11.5 Å². The average Bonchev–Trinajstić information content (AvgIpc) is 2.72. The van der Waals surface area contributed by atoms with Crippen molar-refractivity contribution in [1.82, 2.24) is 0 Å². The summed E-state index contributed by atoms with van der Waals surface area (Å²) in [5.41, 5.74) is 0.279. The Kier molecular flexibility index (Phi) is 5.37. The van der Waals surface area contributed by atoms with Gasteiger partial charge in [-0.25, -0.2) is 0 Å². The van der Waals surface area contributed by atoms with Crippen molar-refractivity contribution in [2.75, 3.05) is 7.11 Å². The second kappa shape index (κ2) is 6.44. The summed E-state index contributed by atoms with van der Waals surface area (Å²) in [4.78, 5) is 0. The van der Waals surface area contributed by atoms with Gasteiger partial charge in [0.25, 0.3) is 0 Å². The molecule has 2 atom stereocenters. The molecule has 2 rings (SSSR count). The van der Waals surface area contributed by atoms with Gasteiger partial charge in [0.1, 0.15) is 17.1 Å². The number of ether oxygens (including phenoxy) is 2. The highest BCUT2D eigenvalue weighted by atomic mass is 31.2. The van der Waals surface area contributed by atoms with Gasteiger partial charge in [-0.3, -0.25) is 0 Å². The van der Waals surface area contributed by atoms with E-state index in [1.54, 1.807) is 7.11 Å². The van der Waals surface area contributed by atoms with Crippen LogP contribution in [0.1, 0.15) is 62.3 Å². The quantitative estimate of drug-likeness (QED) is 0.566. The maximum absolute atomic E-state index is 6.68. The summed E-state index contributed by atoms with van der Waals surface area (Å²) in [7, 11) is 0.935. The molecule has 2 nitrogen and oxygen atoms in total. The first-order valence-electron chi connectivity index (χ1n) is 8.71. The zero-order valence-corrected chi connectivity index (χ0v) is 18.8. The van der Waals surface area contributed by atoms with Gasteiger partial charge in [0, 0.05) is 0 Å². The summed E-state index contributed by atoms with van der Waals surface area (Å²) in [6.45, 7) is 21.3. The molecule has 0 saturated heterocycles. The van der Waals surface area contributed by atoms with E-state index in [9.17, 15) is 0 Å². The van der Waals surface area contributed by atoms with Crippen LogP contribution in [0.3, 0.4) is 0 Å². The van der Waals surface area contributed by atoms with Gasteiger partial charge >= 0.3 is 0 Å². The maximum Gasteiger partial charge on any atom is 0.141 e. The molecule has 0 aromatic heterocycles. The monoisotopic (exact) mass is 368 g/mol. The molecule has 24 heavy (non-hydrogen) atoms. The van der Waals surface area contributed by atoms with E-state index in [1.807, 2.05) is 6.07 Å². The number of rotatable bonds is 2. The number of methoxy groups -OCH3 is 1. The molecule has 0 fully saturated rings. The number of hydrogen-bond acceptors (Lipinski definition) is 2. The zero-order valence-electron chi connectivity index (χ0n) is 17.0. The summed E-state index contributed by atoms with van der Waals surface area (Å²) < 4.78 is 12.4. The van der Waals surface area contributed by atoms with Gasteiger partial charge in [-0.2, -0.15) is 0 Å². The van der Waals surface area contributed by atoms with Crippen LogP contribution in [0.25, 0.3) is 0 Å². The van der Waals surface area contributed by atoms with Crippen LogP contribution in [-0.2, 0) is 0 Å². The number of fused-ring (bicyclic) bond motifs is 1. The largest absolute Gasteiger partial charge is 0.496 e. The topological polar surface area (TPSA) is 18.5 Å². The van der Waals surface area contributed by atoms with Crippen LogP contribution in [0.4, 0.5) is 0 Å². The van der Waals surface area contributed by atoms with Crippen LogP contribution < -0.4 is 14.8 Å². The number of benzene rings is 1. The van der Waals surface area contributed by atoms with E-state index >= 15 is 0 Å². The second-order valence-corrected chi connectivity index (χ2v) is 16.8. The standard InChI is InChI=1S/C20H34O2P2/c1-18(2,3)23-16-14(21-10)12-11-13-15(16)22-17(23)24(19(4,5)6)20(7,8)9/h11-13,17H,1-10H3/t17-,23-/m1/s1. The molecular weight excluding hydrogens is 334 g/mol. The van der Waals surface area contributed by atoms with E-state index in [-0.39, 0.29) is 29.0 Å². The molecule has 1 aromatic rings. The van der Waals surface area contributed by atoms with Gasteiger partial charge in [-0.15, -0.1) is 0 Å². The Hall–Kier alpha value is -0.320. The zero-order chi connectivity index (χ0) is 18.5. The second-order valence-electron chi connectivity index (χ2n) is 9.50. The van der Waals surface area contributed by atoms with Crippen molar-refractivity contribution in [2.24, 2.45) is 0 Å². The lowest BCUT2D eigenvalue weighted by Crippen LogP contribution is -2.35. The van der Waals surface area contributed by atoms with E-state index < -0.39 is 7.92 Å². The van der Waals surface area contributed by atoms with Gasteiger partial charge in [0.2, 0.25) is 0 Å². The summed E-state index contributed by atoms with van der Waals surface area (Å²) >= 11 is 0. The average molecular weight is 368 g/mol. The molecule has 0 bridgehead atoms. The van der Waals surface area contributed by atoms with Crippen molar-refractivity contribution in [2.45, 2.75) is 83.4 Å². The van der Waals surface area contributed by atoms with Crippen molar-refractivity contribution in [1.29, 1.82) is 0 Å². The van der Waals surface area contributed by atoms with Gasteiger partial charge < -0.3 is 9.47 Å². The Morgan fingerprint density at radius 1 is 0.958 bits per heavy atom. The third-order valence-electron chi connectivity index (χ3n) is 4.27. The summed E-state index contributed by atoms with van der Waals surface area (Å²) in [6, 6.07) is 6.26. The Bertz CT molecular complexity index is 577. The fourth-order valence-corrected chi connectivity index (χ4v) is 14.3. The minimum Gasteiger partial charge on any atom is -0.496 e. The Morgan fingerprint density at radius 3 is 1.92 bits per heavy atom. The fraction of sp³-hybridized carbons (Fsp3) is 0.700. The fourth-order valence-electron chi connectivity index (χ4n) is 3.78. The predicted molar refractivity (Wildman–Crippen MR) is 110 cm³/mol. The van der Waals surface area contributed by atoms with E-state index in [1.165, 1.54) is 5.30 Å². The maximum atomic E-state index is 6.68. The lowest BCUT2D eigenvalue weighted by molar-refractivity contribution is 0.357. The molecule has 1 aliphatic heterocycles. The minimum absolute atomic E-state index is 0.178. The normalized spacial score (nSPS) is 21.6. The van der Waals surface area contributed by atoms with E-state index in [0.717, 1.165) is 11.5 Å². The molecule has 0 spiro atoms. The summed E-state index contributed by atoms with van der Waals surface area (Å²) in [5.74, 6) is 2.04. The van der Waals surface area contributed by atoms with Crippen LogP contribution >= 0.6 is 15.8 Å². The molecule has 0 amide bonds. The van der Waals surface area contributed by atoms with Crippen LogP contribution in [0.15, 0.2) is 18.2 Å². The van der Waals surface area contributed by atoms with Crippen molar-refractivity contribution in [3.8, 4) is 11.5 Å². The lowest BCUT2D eigenvalue weighted by Gasteiger charge is -2.48. The van der Waals surface area contributed by atoms with Crippen molar-refractivity contribution in [3.05, 3.63) is 18.2 Å². The summed E-state index contributed by atoms with van der Waals surface area (Å²) in [5, 5.41) is 1.98. The van der Waals surface area contributed by atoms with E-state index in [4.69, 9.17) is 9.47 Å². The van der Waals surface area contributed by atoms with Crippen LogP contribution in [0.2, 0.25) is 0 Å². The highest BCUT2D eigenvalue weighted by Crippen LogP contribution is 2.75. The van der Waals surface area contributed by atoms with Gasteiger partial charge in [0.15, 0.2) is 0 Å². The molecule has 0 N–H and O–H groups in total. The highest BCUT2D eigenvalue weighted by molar-refractivity contribution is 7.82. The van der Waals surface area contributed by atoms with E-state index in [2.05, 4.69) is 74.4 Å². The van der Waals surface area contributed by atoms with E-state index in [0.29, 0.717) is 0 Å². The third-order valence-corrected chi connectivity index (χ3v) is 12.0. The SMILES string of the molecule is COc1cccc2c1[P@@](C(C)(C)C)[C@H](P(C(C)(C)C)C(C)(C)C)O2. The first kappa shape index (κ1) is 20.0. The Labute approximate surface area is 151 Å². The molecule has 0 aliphatic carbocycles. The molecule has 0 radical (unpaired) electrons. The highest BCUT2D eigenvalue weighted by Gasteiger charge is 2.52. The molecule has 0 saturated carbocycles. The van der Waals surface area contributed by atoms with Crippen LogP contribution in [-0.4, -0.2) is 28.2 Å². The molecule has 1 aliphatic rings. The molecule has 0 unspecified atom stereocenters. The molecule has 4 heteroatoms. The summed E-state index contributed by atoms with van der Waals surface area (Å²) in [6.07, 6.45) is 0. The molecule has 1 heterocycles. The smallest absolute Gasteiger partial charge is 0.141 e. The van der Waals surface area contributed by atoms with Gasteiger partial charge in [0.05, 0.1) is 12.4 Å². The third kappa shape index (κ3) is 3.76. The minimum atomic E-state index is -0.478. The molecule has 1 aromatic carbocycles. The van der Waals surface area contributed by atoms with Crippen molar-refractivity contribution < 1.29 is 9.47 Å². The van der Waals surface area contributed by atoms with Crippen molar-refractivity contribution >= 4 is 21.1 Å². The van der Waals surface area contributed by atoms with Crippen molar-refractivity contribution in [3.63, 3.8) is 0 Å². The first-order valence-corrected chi connectivity index (χ1v) is 11.5. The number of hydrogen-bond donors (Lipinski definition) is 0. The van der Waals surface area contributed by atoms with Crippen LogP contribution in [0, 0.1) is 0 Å². The first-order chi connectivity index (χ1) is 10.8. The Morgan fingerprint density at radius 2 is 1.50 bits per heavy atom. The predicted octanol–water partition coefficient (Wildman–Crippen LogP) is 6.36. The molecule has 136 valence electrons. The lowest BCUT2D eigenvalue weighted by atomic mass is 10.2. The van der Waals surface area contributed by atoms with Gasteiger partial charge in [-0.1, -0.05) is 68.4 Å². The molecular formula is C20H34O2P2. The Balaban J connectivity index is 2.63. The van der Waals surface area contributed by atoms with Gasteiger partial charge in [-0.05, 0) is 43.4 Å².